The molecule has 4 rings (SSSR count). The molecule has 0 aliphatic carbocycles. The van der Waals surface area contributed by atoms with Gasteiger partial charge in [0.2, 0.25) is 0 Å². The number of aromatic nitrogens is 6. The molecule has 3 heterocycles. The lowest BCUT2D eigenvalue weighted by molar-refractivity contribution is -0.118. The number of ether oxygens (including phenoxy) is 1. The second-order valence-electron chi connectivity index (χ2n) is 6.18. The van der Waals surface area contributed by atoms with Gasteiger partial charge in [-0.2, -0.15) is 0 Å². The van der Waals surface area contributed by atoms with Crippen molar-refractivity contribution in [3.8, 4) is 11.8 Å². The molecule has 0 saturated carbocycles. The third kappa shape index (κ3) is 4.73. The third-order valence-electron chi connectivity index (χ3n) is 4.04. The molecular formula is C20H18N8O2. The Morgan fingerprint density at radius 1 is 1.00 bits per heavy atom. The Balaban J connectivity index is 1.35. The summed E-state index contributed by atoms with van der Waals surface area (Å²) in [6, 6.07) is 10.9. The predicted molar refractivity (Wildman–Crippen MR) is 110 cm³/mol. The number of hydrogen-bond acceptors (Lipinski definition) is 8. The Hall–Kier alpha value is -4.34. The summed E-state index contributed by atoms with van der Waals surface area (Å²) >= 11 is 0. The molecule has 0 fully saturated rings. The van der Waals surface area contributed by atoms with Gasteiger partial charge in [0.15, 0.2) is 6.61 Å². The van der Waals surface area contributed by atoms with E-state index in [9.17, 15) is 4.79 Å². The lowest BCUT2D eigenvalue weighted by atomic mass is 10.2. The molecule has 30 heavy (non-hydrogen) atoms. The van der Waals surface area contributed by atoms with Crippen LogP contribution in [0.2, 0.25) is 0 Å². The molecule has 0 saturated heterocycles. The average molecular weight is 402 g/mol. The van der Waals surface area contributed by atoms with Gasteiger partial charge in [-0.05, 0) is 37.3 Å². The lowest BCUT2D eigenvalue weighted by Crippen LogP contribution is -2.20. The molecule has 1 amide bonds. The summed E-state index contributed by atoms with van der Waals surface area (Å²) in [5.74, 6) is 1.89. The topological polar surface area (TPSA) is 120 Å². The first-order valence-electron chi connectivity index (χ1n) is 9.06. The standard InChI is InChI=1S/C20H18N8O2/c1-14-21-9-10-28(14)18-11-17(24-13-25-18)26-15-3-5-16(6-4-15)27-19(29)12-30-20-22-7-2-8-23-20/h2-11,13H,12H2,1H3,(H,27,29)(H,24,25,26). The Morgan fingerprint density at radius 3 is 2.50 bits per heavy atom. The molecule has 0 bridgehead atoms. The van der Waals surface area contributed by atoms with Gasteiger partial charge in [0.25, 0.3) is 5.91 Å². The monoisotopic (exact) mass is 402 g/mol. The molecule has 0 radical (unpaired) electrons. The van der Waals surface area contributed by atoms with Crippen molar-refractivity contribution >= 4 is 23.1 Å². The highest BCUT2D eigenvalue weighted by Crippen LogP contribution is 2.19. The summed E-state index contributed by atoms with van der Waals surface area (Å²) in [5, 5.41) is 5.97. The van der Waals surface area contributed by atoms with E-state index in [0.717, 1.165) is 11.5 Å². The summed E-state index contributed by atoms with van der Waals surface area (Å²) in [7, 11) is 0. The number of rotatable bonds is 7. The van der Waals surface area contributed by atoms with Crippen LogP contribution >= 0.6 is 0 Å². The maximum Gasteiger partial charge on any atom is 0.316 e. The van der Waals surface area contributed by atoms with Crippen LogP contribution in [0.4, 0.5) is 17.2 Å². The van der Waals surface area contributed by atoms with Crippen LogP contribution in [0.15, 0.2) is 67.5 Å². The van der Waals surface area contributed by atoms with Crippen molar-refractivity contribution in [2.75, 3.05) is 17.2 Å². The van der Waals surface area contributed by atoms with Crippen molar-refractivity contribution in [3.63, 3.8) is 0 Å². The van der Waals surface area contributed by atoms with Gasteiger partial charge in [-0.3, -0.25) is 9.36 Å². The zero-order valence-corrected chi connectivity index (χ0v) is 16.1. The van der Waals surface area contributed by atoms with Crippen molar-refractivity contribution in [1.82, 2.24) is 29.5 Å². The van der Waals surface area contributed by atoms with Gasteiger partial charge in [0, 0.05) is 42.2 Å². The van der Waals surface area contributed by atoms with Crippen molar-refractivity contribution < 1.29 is 9.53 Å². The number of carbonyl (C=O) groups excluding carboxylic acids is 1. The van der Waals surface area contributed by atoms with E-state index in [4.69, 9.17) is 4.74 Å². The minimum Gasteiger partial charge on any atom is -0.453 e. The predicted octanol–water partition coefficient (Wildman–Crippen LogP) is 2.52. The molecule has 0 atom stereocenters. The molecule has 10 heteroatoms. The molecule has 0 aliphatic heterocycles. The first kappa shape index (κ1) is 19.0. The number of nitrogens with zero attached hydrogens (tertiary/aromatic N) is 6. The van der Waals surface area contributed by atoms with Gasteiger partial charge in [0.1, 0.15) is 23.8 Å². The van der Waals surface area contributed by atoms with Crippen molar-refractivity contribution in [1.29, 1.82) is 0 Å². The third-order valence-corrected chi connectivity index (χ3v) is 4.04. The van der Waals surface area contributed by atoms with E-state index < -0.39 is 0 Å². The largest absolute Gasteiger partial charge is 0.453 e. The molecule has 3 aromatic heterocycles. The molecule has 0 aliphatic rings. The fraction of sp³-hybridized carbons (Fsp3) is 0.100. The van der Waals surface area contributed by atoms with Crippen molar-refractivity contribution in [3.05, 3.63) is 73.3 Å². The highest BCUT2D eigenvalue weighted by Gasteiger charge is 2.07. The zero-order valence-electron chi connectivity index (χ0n) is 16.1. The Morgan fingerprint density at radius 2 is 1.77 bits per heavy atom. The van der Waals surface area contributed by atoms with E-state index >= 15 is 0 Å². The molecule has 2 N–H and O–H groups in total. The van der Waals surface area contributed by atoms with Gasteiger partial charge in [0.05, 0.1) is 0 Å². The second kappa shape index (κ2) is 8.78. The van der Waals surface area contributed by atoms with E-state index in [0.29, 0.717) is 17.3 Å². The number of imidazole rings is 1. The van der Waals surface area contributed by atoms with Gasteiger partial charge >= 0.3 is 6.01 Å². The number of carbonyl (C=O) groups is 1. The molecule has 0 unspecified atom stereocenters. The molecular weight excluding hydrogens is 384 g/mol. The van der Waals surface area contributed by atoms with Crippen molar-refractivity contribution in [2.45, 2.75) is 6.92 Å². The van der Waals surface area contributed by atoms with Crippen LogP contribution in [0.1, 0.15) is 5.82 Å². The fourth-order valence-electron chi connectivity index (χ4n) is 2.64. The molecule has 1 aromatic carbocycles. The Kier molecular flexibility index (Phi) is 5.56. The quantitative estimate of drug-likeness (QED) is 0.484. The number of nitrogens with one attached hydrogen (secondary N) is 2. The normalized spacial score (nSPS) is 10.4. The summed E-state index contributed by atoms with van der Waals surface area (Å²) in [6.07, 6.45) is 8.14. The summed E-state index contributed by atoms with van der Waals surface area (Å²) in [6.45, 7) is 1.72. The second-order valence-corrected chi connectivity index (χ2v) is 6.18. The van der Waals surface area contributed by atoms with Gasteiger partial charge in [-0.1, -0.05) is 0 Å². The van der Waals surface area contributed by atoms with Crippen LogP contribution in [0.5, 0.6) is 6.01 Å². The molecule has 10 nitrogen and oxygen atoms in total. The van der Waals surface area contributed by atoms with Crippen LogP contribution in [-0.4, -0.2) is 42.0 Å². The number of benzene rings is 1. The number of amides is 1. The fourth-order valence-corrected chi connectivity index (χ4v) is 2.64. The molecule has 0 spiro atoms. The highest BCUT2D eigenvalue weighted by molar-refractivity contribution is 5.92. The Bertz CT molecular complexity index is 1130. The van der Waals surface area contributed by atoms with Crippen LogP contribution in [0.25, 0.3) is 5.82 Å². The van der Waals surface area contributed by atoms with Crippen LogP contribution < -0.4 is 15.4 Å². The minimum atomic E-state index is -0.306. The molecule has 150 valence electrons. The van der Waals surface area contributed by atoms with Crippen molar-refractivity contribution in [2.24, 2.45) is 0 Å². The van der Waals surface area contributed by atoms with E-state index in [-0.39, 0.29) is 18.5 Å². The number of anilines is 3. The Labute approximate surface area is 172 Å². The first-order valence-corrected chi connectivity index (χ1v) is 9.06. The van der Waals surface area contributed by atoms with Crippen LogP contribution in [0, 0.1) is 6.92 Å². The minimum absolute atomic E-state index is 0.155. The SMILES string of the molecule is Cc1nccn1-c1cc(Nc2ccc(NC(=O)COc3ncccn3)cc2)ncn1. The van der Waals surface area contributed by atoms with Crippen LogP contribution in [0.3, 0.4) is 0 Å². The van der Waals surface area contributed by atoms with E-state index in [2.05, 4.69) is 35.6 Å². The van der Waals surface area contributed by atoms with E-state index in [1.54, 1.807) is 36.8 Å². The molecule has 4 aromatic rings. The summed E-state index contributed by atoms with van der Waals surface area (Å²) in [4.78, 5) is 32.5. The number of aryl methyl sites for hydroxylation is 1. The van der Waals surface area contributed by atoms with Crippen LogP contribution in [-0.2, 0) is 4.79 Å². The average Bonchev–Trinajstić information content (AvgIpc) is 3.20. The smallest absolute Gasteiger partial charge is 0.316 e. The lowest BCUT2D eigenvalue weighted by Gasteiger charge is -2.10. The first-order chi connectivity index (χ1) is 14.7. The van der Waals surface area contributed by atoms with E-state index in [1.165, 1.54) is 6.33 Å². The highest BCUT2D eigenvalue weighted by atomic mass is 16.5. The summed E-state index contributed by atoms with van der Waals surface area (Å²) < 4.78 is 7.09. The maximum atomic E-state index is 12.0. The zero-order chi connectivity index (χ0) is 20.8. The maximum absolute atomic E-state index is 12.0. The number of hydrogen-bond donors (Lipinski definition) is 2. The van der Waals surface area contributed by atoms with E-state index in [1.807, 2.05) is 35.9 Å². The van der Waals surface area contributed by atoms with Gasteiger partial charge in [-0.25, -0.2) is 24.9 Å². The summed E-state index contributed by atoms with van der Waals surface area (Å²) in [5.41, 5.74) is 1.45. The van der Waals surface area contributed by atoms with Gasteiger partial charge < -0.3 is 15.4 Å². The van der Waals surface area contributed by atoms with Gasteiger partial charge in [-0.15, -0.1) is 0 Å².